The van der Waals surface area contributed by atoms with Crippen LogP contribution in [-0.2, 0) is 0 Å². The highest BCUT2D eigenvalue weighted by Gasteiger charge is 2.13. The predicted molar refractivity (Wildman–Crippen MR) is 115 cm³/mol. The van der Waals surface area contributed by atoms with Gasteiger partial charge in [0.05, 0.1) is 11.4 Å². The van der Waals surface area contributed by atoms with Crippen LogP contribution in [0.4, 0.5) is 5.69 Å². The maximum atomic E-state index is 12.7. The normalized spacial score (nSPS) is 10.4. The molecule has 0 radical (unpaired) electrons. The number of anilines is 1. The number of nitrogens with one attached hydrogen (secondary N) is 1. The van der Waals surface area contributed by atoms with E-state index >= 15 is 0 Å². The highest BCUT2D eigenvalue weighted by molar-refractivity contribution is 9.10. The number of carbonyl (C=O) groups is 2. The minimum Gasteiger partial charge on any atom is -0.492 e. The lowest BCUT2D eigenvalue weighted by molar-refractivity contribution is 0.0773. The lowest BCUT2D eigenvalue weighted by atomic mass is 10.1. The number of nitrogens with zero attached hydrogens (tertiary/aromatic N) is 1. The molecule has 3 rings (SSSR count). The van der Waals surface area contributed by atoms with E-state index in [1.165, 1.54) is 11.3 Å². The zero-order valence-corrected chi connectivity index (χ0v) is 17.6. The summed E-state index contributed by atoms with van der Waals surface area (Å²) in [6, 6.07) is 18.0. The number of likely N-dealkylation sites (N-methyl/N-ethyl adjacent to an activating group) is 1. The van der Waals surface area contributed by atoms with Crippen molar-refractivity contribution in [2.45, 2.75) is 0 Å². The average molecular weight is 459 g/mol. The van der Waals surface area contributed by atoms with E-state index in [4.69, 9.17) is 4.74 Å². The van der Waals surface area contributed by atoms with Crippen molar-refractivity contribution in [1.29, 1.82) is 0 Å². The van der Waals surface area contributed by atoms with Gasteiger partial charge in [0, 0.05) is 22.8 Å². The van der Waals surface area contributed by atoms with E-state index < -0.39 is 0 Å². The fraction of sp³-hybridized carbons (Fsp3) is 0.143. The van der Waals surface area contributed by atoms with Crippen LogP contribution in [0.25, 0.3) is 0 Å². The number of halogens is 1. The molecule has 0 aliphatic carbocycles. The number of carbonyl (C=O) groups excluding carboxylic acids is 2. The summed E-state index contributed by atoms with van der Waals surface area (Å²) < 4.78 is 6.65. The first-order valence-corrected chi connectivity index (χ1v) is 10.3. The highest BCUT2D eigenvalue weighted by atomic mass is 79.9. The molecule has 1 aromatic heterocycles. The molecule has 1 N–H and O–H groups in total. The Bertz CT molecular complexity index is 943. The molecule has 0 bridgehead atoms. The van der Waals surface area contributed by atoms with Gasteiger partial charge in [0.15, 0.2) is 0 Å². The van der Waals surface area contributed by atoms with Crippen LogP contribution < -0.4 is 10.1 Å². The molecule has 0 atom stereocenters. The second kappa shape index (κ2) is 9.52. The Morgan fingerprint density at radius 3 is 2.61 bits per heavy atom. The van der Waals surface area contributed by atoms with Crippen LogP contribution in [0.1, 0.15) is 20.0 Å². The SMILES string of the molecule is CN(CCOc1ccc(Br)cc1)C(=O)c1cccc(NC(=O)c2cccs2)c1. The Balaban J connectivity index is 1.55. The van der Waals surface area contributed by atoms with Crippen LogP contribution in [0.2, 0.25) is 0 Å². The quantitative estimate of drug-likeness (QED) is 0.546. The first-order chi connectivity index (χ1) is 13.5. The standard InChI is InChI=1S/C21H19BrN2O3S/c1-24(11-12-27-18-9-7-16(22)8-10-18)21(26)15-4-2-5-17(14-15)23-20(25)19-6-3-13-28-19/h2-10,13-14H,11-12H2,1H3,(H,23,25). The predicted octanol–water partition coefficient (Wildman–Crippen LogP) is 4.91. The molecule has 0 aliphatic heterocycles. The summed E-state index contributed by atoms with van der Waals surface area (Å²) in [7, 11) is 1.73. The molecule has 144 valence electrons. The van der Waals surface area contributed by atoms with Gasteiger partial charge in [0.25, 0.3) is 11.8 Å². The number of hydrogen-bond acceptors (Lipinski definition) is 4. The van der Waals surface area contributed by atoms with Crippen LogP contribution in [0.5, 0.6) is 5.75 Å². The third kappa shape index (κ3) is 5.43. The fourth-order valence-corrected chi connectivity index (χ4v) is 3.37. The van der Waals surface area contributed by atoms with Gasteiger partial charge in [-0.1, -0.05) is 28.1 Å². The van der Waals surface area contributed by atoms with Gasteiger partial charge in [0.1, 0.15) is 12.4 Å². The van der Waals surface area contributed by atoms with Crippen molar-refractivity contribution < 1.29 is 14.3 Å². The Morgan fingerprint density at radius 1 is 1.11 bits per heavy atom. The lowest BCUT2D eigenvalue weighted by Gasteiger charge is -2.18. The molecule has 3 aromatic rings. The summed E-state index contributed by atoms with van der Waals surface area (Å²) in [6.45, 7) is 0.833. The van der Waals surface area contributed by atoms with Crippen molar-refractivity contribution in [3.63, 3.8) is 0 Å². The summed E-state index contributed by atoms with van der Waals surface area (Å²) in [6.07, 6.45) is 0. The third-order valence-electron chi connectivity index (χ3n) is 3.97. The Hall–Kier alpha value is -2.64. The molecule has 0 fully saturated rings. The molecule has 0 spiro atoms. The molecular weight excluding hydrogens is 440 g/mol. The van der Waals surface area contributed by atoms with Gasteiger partial charge in [-0.15, -0.1) is 11.3 Å². The summed E-state index contributed by atoms with van der Waals surface area (Å²) in [5, 5.41) is 4.67. The zero-order chi connectivity index (χ0) is 19.9. The largest absolute Gasteiger partial charge is 0.492 e. The van der Waals surface area contributed by atoms with Crippen molar-refractivity contribution >= 4 is 44.8 Å². The summed E-state index contributed by atoms with van der Waals surface area (Å²) >= 11 is 4.75. The van der Waals surface area contributed by atoms with Crippen LogP contribution in [-0.4, -0.2) is 36.9 Å². The molecule has 0 saturated heterocycles. The molecule has 28 heavy (non-hydrogen) atoms. The molecule has 1 heterocycles. The van der Waals surface area contributed by atoms with Gasteiger partial charge in [-0.2, -0.15) is 0 Å². The molecule has 7 heteroatoms. The minimum absolute atomic E-state index is 0.133. The number of amides is 2. The number of hydrogen-bond donors (Lipinski definition) is 1. The van der Waals surface area contributed by atoms with E-state index in [0.29, 0.717) is 29.3 Å². The second-order valence-electron chi connectivity index (χ2n) is 6.04. The molecule has 5 nitrogen and oxygen atoms in total. The van der Waals surface area contributed by atoms with Crippen molar-refractivity contribution in [2.24, 2.45) is 0 Å². The van der Waals surface area contributed by atoms with Crippen molar-refractivity contribution in [1.82, 2.24) is 4.90 Å². The zero-order valence-electron chi connectivity index (χ0n) is 15.2. The first kappa shape index (κ1) is 20.1. The third-order valence-corrected chi connectivity index (χ3v) is 5.37. The van der Waals surface area contributed by atoms with Gasteiger partial charge < -0.3 is 15.0 Å². The first-order valence-electron chi connectivity index (χ1n) is 8.61. The summed E-state index contributed by atoms with van der Waals surface area (Å²) in [5.41, 5.74) is 1.10. The summed E-state index contributed by atoms with van der Waals surface area (Å²) in [5.74, 6) is 0.435. The van der Waals surface area contributed by atoms with E-state index in [-0.39, 0.29) is 11.8 Å². The van der Waals surface area contributed by atoms with E-state index in [0.717, 1.165) is 10.2 Å². The molecule has 2 aromatic carbocycles. The topological polar surface area (TPSA) is 58.6 Å². The highest BCUT2D eigenvalue weighted by Crippen LogP contribution is 2.17. The maximum absolute atomic E-state index is 12.7. The Labute approximate surface area is 176 Å². The fourth-order valence-electron chi connectivity index (χ4n) is 2.48. The van der Waals surface area contributed by atoms with Crippen LogP contribution >= 0.6 is 27.3 Å². The minimum atomic E-state index is -0.184. The lowest BCUT2D eigenvalue weighted by Crippen LogP contribution is -2.30. The van der Waals surface area contributed by atoms with Gasteiger partial charge in [-0.05, 0) is 53.9 Å². The smallest absolute Gasteiger partial charge is 0.265 e. The molecule has 0 saturated carbocycles. The van der Waals surface area contributed by atoms with Crippen LogP contribution in [0.15, 0.2) is 70.5 Å². The maximum Gasteiger partial charge on any atom is 0.265 e. The summed E-state index contributed by atoms with van der Waals surface area (Å²) in [4.78, 5) is 27.0. The molecular formula is C21H19BrN2O3S. The van der Waals surface area contributed by atoms with Crippen LogP contribution in [0, 0.1) is 0 Å². The van der Waals surface area contributed by atoms with Gasteiger partial charge >= 0.3 is 0 Å². The number of thiophene rings is 1. The van der Waals surface area contributed by atoms with Gasteiger partial charge in [-0.25, -0.2) is 0 Å². The Morgan fingerprint density at radius 2 is 1.89 bits per heavy atom. The molecule has 0 aliphatic rings. The number of benzene rings is 2. The van der Waals surface area contributed by atoms with E-state index in [1.807, 2.05) is 35.7 Å². The molecule has 2 amide bonds. The van der Waals surface area contributed by atoms with E-state index in [2.05, 4.69) is 21.2 Å². The Kier molecular flexibility index (Phi) is 6.84. The van der Waals surface area contributed by atoms with Gasteiger partial charge in [0.2, 0.25) is 0 Å². The van der Waals surface area contributed by atoms with Crippen molar-refractivity contribution in [2.75, 3.05) is 25.5 Å². The van der Waals surface area contributed by atoms with Crippen molar-refractivity contribution in [3.8, 4) is 5.75 Å². The number of ether oxygens (including phenoxy) is 1. The number of rotatable bonds is 7. The van der Waals surface area contributed by atoms with E-state index in [1.54, 1.807) is 42.3 Å². The van der Waals surface area contributed by atoms with Crippen molar-refractivity contribution in [3.05, 3.63) is 81.0 Å². The van der Waals surface area contributed by atoms with E-state index in [9.17, 15) is 9.59 Å². The molecule has 0 unspecified atom stereocenters. The monoisotopic (exact) mass is 458 g/mol. The van der Waals surface area contributed by atoms with Gasteiger partial charge in [-0.3, -0.25) is 9.59 Å². The van der Waals surface area contributed by atoms with Crippen LogP contribution in [0.3, 0.4) is 0 Å². The second-order valence-corrected chi connectivity index (χ2v) is 7.90. The average Bonchev–Trinajstić information content (AvgIpc) is 3.24.